The summed E-state index contributed by atoms with van der Waals surface area (Å²) in [6.45, 7) is -7.59. The van der Waals surface area contributed by atoms with E-state index in [2.05, 4.69) is 37.2 Å². The van der Waals surface area contributed by atoms with Crippen LogP contribution < -0.4 is 5.56 Å². The van der Waals surface area contributed by atoms with Crippen molar-refractivity contribution in [2.75, 3.05) is 13.2 Å². The van der Waals surface area contributed by atoms with E-state index in [1.807, 2.05) is 0 Å². The van der Waals surface area contributed by atoms with Gasteiger partial charge in [0.25, 0.3) is 5.56 Å². The fraction of sp³-hybridized carbons (Fsp3) is 0.450. The number of nitrogens with one attached hydrogen (secondary N) is 1. The normalized spacial score (nSPS) is 31.6. The molecule has 2 aliphatic heterocycles. The van der Waals surface area contributed by atoms with Gasteiger partial charge >= 0.3 is 13.5 Å². The number of aromatic nitrogens is 7. The van der Waals surface area contributed by atoms with E-state index in [1.54, 1.807) is 17.6 Å². The standard InChI is InChI=1S/C20H21ClFN7O8P2S2/c1-9-25-17-15(19(30)26-9)29(8-24-17)20-16-14(22)12(36-20)6-34-38(31,40)33-3-2-28-13(7-35-39(32,41)37-16)27-11-4-10(21)5-23-18(11)28/h4-5,8,12,14,16,20H,2-3,6-7H2,1H3,(H,31,40)(H,32,41)(H,25,26,30)/t12-,14-,16-,20-,38?,39?/m1/s1. The molecule has 0 amide bonds. The molecule has 2 N–H and O–H groups in total. The number of rotatable bonds is 1. The van der Waals surface area contributed by atoms with Crippen molar-refractivity contribution in [2.45, 2.75) is 44.7 Å². The smallest absolute Gasteiger partial charge is 0.346 e. The largest absolute Gasteiger partial charge is 0.387 e. The molecule has 2 unspecified atom stereocenters. The second kappa shape index (κ2) is 11.0. The van der Waals surface area contributed by atoms with Crippen molar-refractivity contribution in [2.24, 2.45) is 0 Å². The van der Waals surface area contributed by atoms with Crippen LogP contribution in [0.15, 0.2) is 23.4 Å². The summed E-state index contributed by atoms with van der Waals surface area (Å²) in [6.07, 6.45) is -3.78. The molecule has 2 aliphatic rings. The quantitative estimate of drug-likeness (QED) is 0.200. The van der Waals surface area contributed by atoms with Gasteiger partial charge in [-0.15, -0.1) is 0 Å². The highest BCUT2D eigenvalue weighted by Crippen LogP contribution is 2.57. The molecule has 21 heteroatoms. The lowest BCUT2D eigenvalue weighted by atomic mass is 10.1. The van der Waals surface area contributed by atoms with E-state index in [1.165, 1.54) is 17.1 Å². The number of aromatic amines is 1. The predicted molar refractivity (Wildman–Crippen MR) is 149 cm³/mol. The Morgan fingerprint density at radius 3 is 2.90 bits per heavy atom. The predicted octanol–water partition coefficient (Wildman–Crippen LogP) is 2.97. The first kappa shape index (κ1) is 29.3. The van der Waals surface area contributed by atoms with Gasteiger partial charge in [0.2, 0.25) is 0 Å². The molecule has 1 fully saturated rings. The maximum atomic E-state index is 15.8. The molecule has 15 nitrogen and oxygen atoms in total. The van der Waals surface area contributed by atoms with Crippen molar-refractivity contribution < 1.29 is 36.7 Å². The highest BCUT2D eigenvalue weighted by Gasteiger charge is 2.51. The number of hydrogen-bond donors (Lipinski definition) is 3. The van der Waals surface area contributed by atoms with Crippen LogP contribution >= 0.6 is 37.4 Å². The number of pyridine rings is 1. The fourth-order valence-electron chi connectivity index (χ4n) is 4.58. The molecule has 0 aliphatic carbocycles. The van der Waals surface area contributed by atoms with Crippen LogP contribution in [0.4, 0.5) is 4.39 Å². The highest BCUT2D eigenvalue weighted by atomic mass is 35.5. The summed E-state index contributed by atoms with van der Waals surface area (Å²) < 4.78 is 59.8. The van der Waals surface area contributed by atoms with E-state index in [0.717, 1.165) is 0 Å². The molecule has 0 saturated carbocycles. The van der Waals surface area contributed by atoms with Crippen molar-refractivity contribution in [3.05, 3.63) is 45.6 Å². The third kappa shape index (κ3) is 5.88. The third-order valence-electron chi connectivity index (χ3n) is 6.31. The van der Waals surface area contributed by atoms with Crippen LogP contribution in [-0.4, -0.2) is 70.5 Å². The number of ether oxygens (including phenoxy) is 1. The summed E-state index contributed by atoms with van der Waals surface area (Å²) in [5.74, 6) is 0.551. The number of halogens is 2. The van der Waals surface area contributed by atoms with Crippen LogP contribution in [0.25, 0.3) is 22.3 Å². The average Bonchev–Trinajstić information content (AvgIpc) is 3.55. The summed E-state index contributed by atoms with van der Waals surface area (Å²) in [5.41, 5.74) is 0.275. The van der Waals surface area contributed by atoms with Gasteiger partial charge in [0, 0.05) is 12.7 Å². The van der Waals surface area contributed by atoms with Gasteiger partial charge in [0.05, 0.1) is 18.2 Å². The maximum absolute atomic E-state index is 15.8. The summed E-state index contributed by atoms with van der Waals surface area (Å²) >= 11 is 15.2. The Morgan fingerprint density at radius 2 is 2.10 bits per heavy atom. The third-order valence-corrected chi connectivity index (χ3v) is 9.73. The maximum Gasteiger partial charge on any atom is 0.387 e. The molecular weight excluding hydrogens is 647 g/mol. The molecule has 6 heterocycles. The monoisotopic (exact) mass is 667 g/mol. The van der Waals surface area contributed by atoms with E-state index in [4.69, 9.17) is 46.2 Å². The van der Waals surface area contributed by atoms with Crippen LogP contribution in [-0.2, 0) is 52.4 Å². The Labute approximate surface area is 245 Å². The van der Waals surface area contributed by atoms with Crippen molar-refractivity contribution in [1.29, 1.82) is 0 Å². The first-order chi connectivity index (χ1) is 19.4. The number of alkyl halides is 1. The van der Waals surface area contributed by atoms with Gasteiger partial charge in [0.1, 0.15) is 42.3 Å². The molecule has 220 valence electrons. The van der Waals surface area contributed by atoms with Gasteiger partial charge in [0.15, 0.2) is 29.2 Å². The van der Waals surface area contributed by atoms with Crippen molar-refractivity contribution in [3.8, 4) is 0 Å². The topological polar surface area (TPSA) is 178 Å². The Kier molecular flexibility index (Phi) is 7.87. The van der Waals surface area contributed by atoms with Gasteiger partial charge in [-0.1, -0.05) is 23.8 Å². The van der Waals surface area contributed by atoms with E-state index in [-0.39, 0.29) is 30.1 Å². The molecule has 0 radical (unpaired) electrons. The van der Waals surface area contributed by atoms with E-state index < -0.39 is 56.9 Å². The minimum Gasteiger partial charge on any atom is -0.346 e. The van der Waals surface area contributed by atoms with Gasteiger partial charge in [-0.2, -0.15) is 0 Å². The molecule has 0 spiro atoms. The summed E-state index contributed by atoms with van der Waals surface area (Å²) in [4.78, 5) is 42.9. The SMILES string of the molecule is Cc1nc2ncn([C@@H]3O[C@@H]4COP(O)(=S)OCCn5c(nc6cc(Cl)cnc65)COP(=O)(S)O[C@@H]3[C@@H]4F)c2c(=O)[nH]1. The van der Waals surface area contributed by atoms with E-state index in [0.29, 0.717) is 22.0 Å². The van der Waals surface area contributed by atoms with Crippen molar-refractivity contribution in [3.63, 3.8) is 0 Å². The second-order valence-corrected chi connectivity index (χ2v) is 15.2. The fourth-order valence-corrected chi connectivity index (χ4v) is 7.22. The molecule has 1 saturated heterocycles. The first-order valence-corrected chi connectivity index (χ1v) is 17.6. The summed E-state index contributed by atoms with van der Waals surface area (Å²) in [7, 11) is 0. The molecule has 4 aromatic heterocycles. The lowest BCUT2D eigenvalue weighted by Gasteiger charge is -2.24. The van der Waals surface area contributed by atoms with Crippen LogP contribution in [0.2, 0.25) is 5.02 Å². The number of aryl methyl sites for hydroxylation is 1. The Bertz CT molecular complexity index is 1810. The van der Waals surface area contributed by atoms with E-state index >= 15 is 4.39 Å². The lowest BCUT2D eigenvalue weighted by Crippen LogP contribution is -2.32. The molecule has 6 rings (SSSR count). The van der Waals surface area contributed by atoms with Crippen LogP contribution in [0.5, 0.6) is 0 Å². The zero-order valence-corrected chi connectivity index (χ0v) is 25.1. The van der Waals surface area contributed by atoms with Gasteiger partial charge in [-0.3, -0.25) is 18.4 Å². The van der Waals surface area contributed by atoms with Gasteiger partial charge < -0.3 is 28.2 Å². The molecular formula is C20H21ClFN7O8P2S2. The lowest BCUT2D eigenvalue weighted by molar-refractivity contribution is -0.0452. The second-order valence-electron chi connectivity index (χ2n) is 9.07. The van der Waals surface area contributed by atoms with Crippen molar-refractivity contribution in [1.82, 2.24) is 34.1 Å². The first-order valence-electron chi connectivity index (χ1n) is 11.9. The highest BCUT2D eigenvalue weighted by molar-refractivity contribution is 8.44. The number of thiol groups is 1. The van der Waals surface area contributed by atoms with Crippen LogP contribution in [0, 0.1) is 6.92 Å². The number of hydrogen-bond acceptors (Lipinski definition) is 12. The molecule has 2 bridgehead atoms. The van der Waals surface area contributed by atoms with E-state index in [9.17, 15) is 14.3 Å². The van der Waals surface area contributed by atoms with Crippen LogP contribution in [0.1, 0.15) is 17.9 Å². The molecule has 41 heavy (non-hydrogen) atoms. The molecule has 0 aromatic carbocycles. The molecule has 4 aromatic rings. The summed E-state index contributed by atoms with van der Waals surface area (Å²) in [5, 5.41) is 0.336. The minimum absolute atomic E-state index is 0.0391. The zero-order chi connectivity index (χ0) is 29.1. The Balaban J connectivity index is 1.38. The van der Waals surface area contributed by atoms with Gasteiger partial charge in [-0.25, -0.2) is 28.9 Å². The Morgan fingerprint density at radius 1 is 1.29 bits per heavy atom. The van der Waals surface area contributed by atoms with Crippen molar-refractivity contribution >= 4 is 71.5 Å². The van der Waals surface area contributed by atoms with Gasteiger partial charge in [-0.05, 0) is 24.8 Å². The van der Waals surface area contributed by atoms with Crippen LogP contribution in [0.3, 0.4) is 0 Å². The summed E-state index contributed by atoms with van der Waals surface area (Å²) in [6, 6.07) is 1.57. The number of imidazole rings is 2. The molecule has 6 atom stereocenters. The number of H-pyrrole nitrogens is 1. The Hall–Kier alpha value is -1.82. The minimum atomic E-state index is -4.31. The number of nitrogens with zero attached hydrogens (tertiary/aromatic N) is 6. The average molecular weight is 668 g/mol. The zero-order valence-electron chi connectivity index (χ0n) is 20.9. The number of fused-ring (bicyclic) bond motifs is 6.